The Bertz CT molecular complexity index is 965. The zero-order valence-corrected chi connectivity index (χ0v) is 21.7. The molecule has 2 aliphatic rings. The van der Waals surface area contributed by atoms with Crippen LogP contribution >= 0.6 is 0 Å². The first-order chi connectivity index (χ1) is 17.0. The van der Waals surface area contributed by atoms with Gasteiger partial charge in [0, 0.05) is 31.5 Å². The minimum Gasteiger partial charge on any atom is -0.497 e. The van der Waals surface area contributed by atoms with Gasteiger partial charge >= 0.3 is 0 Å². The fourth-order valence-corrected chi connectivity index (χ4v) is 6.48. The molecule has 5 heteroatoms. The summed E-state index contributed by atoms with van der Waals surface area (Å²) in [6, 6.07) is 19.2. The number of nitrogens with one attached hydrogen (secondary N) is 1. The Hall–Kier alpha value is -2.37. The summed E-state index contributed by atoms with van der Waals surface area (Å²) in [5, 5.41) is 3.40. The molecule has 0 radical (unpaired) electrons. The predicted molar refractivity (Wildman–Crippen MR) is 141 cm³/mol. The van der Waals surface area contributed by atoms with E-state index in [9.17, 15) is 4.79 Å². The lowest BCUT2D eigenvalue weighted by molar-refractivity contribution is -0.147. The molecule has 1 aliphatic carbocycles. The SMILES string of the molecule is COc1cccc([C@@]23CCN(C)C[C@@]2(OC)CC[C@H](NC(=O)CCCCCc2ccccc2)C3)c1. The maximum Gasteiger partial charge on any atom is 0.220 e. The van der Waals surface area contributed by atoms with Crippen molar-refractivity contribution in [1.82, 2.24) is 10.2 Å². The largest absolute Gasteiger partial charge is 0.497 e. The van der Waals surface area contributed by atoms with Crippen molar-refractivity contribution in [3.63, 3.8) is 0 Å². The molecule has 0 spiro atoms. The molecule has 190 valence electrons. The number of methoxy groups -OCH3 is 2. The second kappa shape index (κ2) is 11.6. The molecule has 1 aliphatic heterocycles. The van der Waals surface area contributed by atoms with Crippen LogP contribution in [0.25, 0.3) is 0 Å². The van der Waals surface area contributed by atoms with Gasteiger partial charge in [0.25, 0.3) is 0 Å². The van der Waals surface area contributed by atoms with Crippen LogP contribution in [0.1, 0.15) is 62.5 Å². The van der Waals surface area contributed by atoms with E-state index in [1.54, 1.807) is 7.11 Å². The van der Waals surface area contributed by atoms with Gasteiger partial charge in [0.1, 0.15) is 5.75 Å². The minimum absolute atomic E-state index is 0.144. The summed E-state index contributed by atoms with van der Waals surface area (Å²) in [7, 11) is 5.77. The fourth-order valence-electron chi connectivity index (χ4n) is 6.48. The lowest BCUT2D eigenvalue weighted by Crippen LogP contribution is -2.67. The van der Waals surface area contributed by atoms with E-state index in [1.807, 2.05) is 13.2 Å². The molecule has 35 heavy (non-hydrogen) atoms. The third-order valence-electron chi connectivity index (χ3n) is 8.40. The second-order valence-corrected chi connectivity index (χ2v) is 10.6. The van der Waals surface area contributed by atoms with Crippen molar-refractivity contribution in [2.24, 2.45) is 0 Å². The number of unbranched alkanes of at least 4 members (excludes halogenated alkanes) is 2. The number of hydrogen-bond donors (Lipinski definition) is 1. The first-order valence-corrected chi connectivity index (χ1v) is 13.2. The summed E-state index contributed by atoms with van der Waals surface area (Å²) in [4.78, 5) is 15.3. The van der Waals surface area contributed by atoms with Crippen LogP contribution in [0.3, 0.4) is 0 Å². The van der Waals surface area contributed by atoms with E-state index in [-0.39, 0.29) is 23.0 Å². The second-order valence-electron chi connectivity index (χ2n) is 10.6. The molecule has 1 saturated carbocycles. The van der Waals surface area contributed by atoms with E-state index in [4.69, 9.17) is 9.47 Å². The van der Waals surface area contributed by atoms with Crippen molar-refractivity contribution < 1.29 is 14.3 Å². The van der Waals surface area contributed by atoms with E-state index in [0.29, 0.717) is 6.42 Å². The van der Waals surface area contributed by atoms with E-state index < -0.39 is 0 Å². The molecule has 1 amide bonds. The quantitative estimate of drug-likeness (QED) is 0.481. The van der Waals surface area contributed by atoms with E-state index >= 15 is 0 Å². The Morgan fingerprint density at radius 1 is 1.06 bits per heavy atom. The first kappa shape index (κ1) is 25.7. The molecule has 0 bridgehead atoms. The smallest absolute Gasteiger partial charge is 0.220 e. The summed E-state index contributed by atoms with van der Waals surface area (Å²) >= 11 is 0. The van der Waals surface area contributed by atoms with Gasteiger partial charge in [-0.25, -0.2) is 0 Å². The zero-order chi connectivity index (χ0) is 24.7. The third kappa shape index (κ3) is 5.73. The molecule has 5 nitrogen and oxygen atoms in total. The number of benzene rings is 2. The van der Waals surface area contributed by atoms with Crippen molar-refractivity contribution in [3.05, 3.63) is 65.7 Å². The Kier molecular flexibility index (Phi) is 8.51. The number of amides is 1. The van der Waals surface area contributed by atoms with Gasteiger partial charge in [-0.2, -0.15) is 0 Å². The minimum atomic E-state index is -0.259. The Morgan fingerprint density at radius 2 is 1.89 bits per heavy atom. The molecule has 3 atom stereocenters. The highest BCUT2D eigenvalue weighted by molar-refractivity contribution is 5.76. The average Bonchev–Trinajstić information content (AvgIpc) is 2.89. The van der Waals surface area contributed by atoms with Crippen molar-refractivity contribution in [1.29, 1.82) is 0 Å². The predicted octanol–water partition coefficient (Wildman–Crippen LogP) is 5.13. The summed E-state index contributed by atoms with van der Waals surface area (Å²) in [6.45, 7) is 1.92. The Balaban J connectivity index is 1.39. The topological polar surface area (TPSA) is 50.8 Å². The van der Waals surface area contributed by atoms with E-state index in [0.717, 1.165) is 70.2 Å². The van der Waals surface area contributed by atoms with Gasteiger partial charge in [0.2, 0.25) is 5.91 Å². The fraction of sp³-hybridized carbons (Fsp3) is 0.567. The number of piperidine rings is 1. The number of nitrogens with zero attached hydrogens (tertiary/aromatic N) is 1. The van der Waals surface area contributed by atoms with Gasteiger partial charge in [0.05, 0.1) is 12.7 Å². The van der Waals surface area contributed by atoms with Crippen molar-refractivity contribution in [2.75, 3.05) is 34.4 Å². The molecule has 1 heterocycles. The first-order valence-electron chi connectivity index (χ1n) is 13.2. The maximum absolute atomic E-state index is 12.9. The highest BCUT2D eigenvalue weighted by Crippen LogP contribution is 2.53. The number of hydrogen-bond acceptors (Lipinski definition) is 4. The third-order valence-corrected chi connectivity index (χ3v) is 8.40. The van der Waals surface area contributed by atoms with Gasteiger partial charge in [-0.05, 0) is 81.8 Å². The standard InChI is InChI=1S/C30H42N2O3/c1-32-20-19-29(25-14-10-15-27(21-25)34-2)22-26(17-18-30(29,23-32)35-3)31-28(33)16-9-5-8-13-24-11-6-4-7-12-24/h4,6-7,10-12,14-15,21,26H,5,8-9,13,16-20,22-23H2,1-3H3,(H,31,33)/t26-,29-,30-/m0/s1. The molecule has 2 fully saturated rings. The van der Waals surface area contributed by atoms with Crippen LogP contribution in [0.15, 0.2) is 54.6 Å². The number of carbonyl (C=O) groups excluding carboxylic acids is 1. The Morgan fingerprint density at radius 3 is 2.66 bits per heavy atom. The van der Waals surface area contributed by atoms with Gasteiger partial charge in [-0.1, -0.05) is 48.9 Å². The lowest BCUT2D eigenvalue weighted by Gasteiger charge is -2.59. The normalized spacial score (nSPS) is 26.7. The van der Waals surface area contributed by atoms with Crippen LogP contribution in [0.2, 0.25) is 0 Å². The lowest BCUT2D eigenvalue weighted by atomic mass is 9.55. The molecule has 2 aromatic carbocycles. The van der Waals surface area contributed by atoms with Crippen molar-refractivity contribution in [2.45, 2.75) is 74.8 Å². The van der Waals surface area contributed by atoms with Crippen LogP contribution in [-0.2, 0) is 21.4 Å². The molecule has 0 unspecified atom stereocenters. The van der Waals surface area contributed by atoms with Crippen LogP contribution in [0.5, 0.6) is 5.75 Å². The molecular weight excluding hydrogens is 436 g/mol. The number of fused-ring (bicyclic) bond motifs is 1. The van der Waals surface area contributed by atoms with Gasteiger partial charge in [-0.15, -0.1) is 0 Å². The number of likely N-dealkylation sites (N-methyl/N-ethyl adjacent to an activating group) is 1. The summed E-state index contributed by atoms with van der Waals surface area (Å²) in [5.41, 5.74) is 2.24. The highest BCUT2D eigenvalue weighted by Gasteiger charge is 2.58. The molecule has 0 aromatic heterocycles. The van der Waals surface area contributed by atoms with Crippen LogP contribution in [0.4, 0.5) is 0 Å². The van der Waals surface area contributed by atoms with E-state index in [2.05, 4.69) is 65.8 Å². The zero-order valence-electron chi connectivity index (χ0n) is 21.7. The van der Waals surface area contributed by atoms with E-state index in [1.165, 1.54) is 11.1 Å². The van der Waals surface area contributed by atoms with Gasteiger partial charge < -0.3 is 19.7 Å². The van der Waals surface area contributed by atoms with Crippen LogP contribution < -0.4 is 10.1 Å². The van der Waals surface area contributed by atoms with Crippen molar-refractivity contribution >= 4 is 5.91 Å². The number of likely N-dealkylation sites (tertiary alicyclic amines) is 1. The number of ether oxygens (including phenoxy) is 2. The monoisotopic (exact) mass is 478 g/mol. The molecule has 4 rings (SSSR count). The number of rotatable bonds is 10. The molecule has 2 aromatic rings. The number of carbonyl (C=O) groups is 1. The summed E-state index contributed by atoms with van der Waals surface area (Å²) < 4.78 is 11.9. The van der Waals surface area contributed by atoms with Crippen molar-refractivity contribution in [3.8, 4) is 5.75 Å². The molecular formula is C30H42N2O3. The van der Waals surface area contributed by atoms with Crippen LogP contribution in [0, 0.1) is 0 Å². The average molecular weight is 479 g/mol. The van der Waals surface area contributed by atoms with Gasteiger partial charge in [0.15, 0.2) is 0 Å². The Labute approximate surface area is 211 Å². The van der Waals surface area contributed by atoms with Crippen LogP contribution in [-0.4, -0.2) is 56.8 Å². The maximum atomic E-state index is 12.9. The highest BCUT2D eigenvalue weighted by atomic mass is 16.5. The molecule has 1 N–H and O–H groups in total. The summed E-state index contributed by atoms with van der Waals surface area (Å²) in [6.07, 6.45) is 8.65. The van der Waals surface area contributed by atoms with Gasteiger partial charge in [-0.3, -0.25) is 4.79 Å². The summed E-state index contributed by atoms with van der Waals surface area (Å²) in [5.74, 6) is 1.07. The number of aryl methyl sites for hydroxylation is 1. The molecule has 1 saturated heterocycles.